The van der Waals surface area contributed by atoms with Gasteiger partial charge in [-0.1, -0.05) is 39.4 Å². The zero-order valence-corrected chi connectivity index (χ0v) is 17.4. The Hall–Kier alpha value is -1.14. The van der Waals surface area contributed by atoms with E-state index in [2.05, 4.69) is 38.6 Å². The Balaban J connectivity index is 1.34. The van der Waals surface area contributed by atoms with E-state index in [1.54, 1.807) is 11.3 Å². The maximum atomic E-state index is 12.7. The fourth-order valence-corrected chi connectivity index (χ4v) is 8.71. The van der Waals surface area contributed by atoms with Gasteiger partial charge in [0.1, 0.15) is 0 Å². The molecule has 1 N–H and O–H groups in total. The Labute approximate surface area is 165 Å². The molecule has 2 unspecified atom stereocenters. The molecule has 1 heterocycles. The van der Waals surface area contributed by atoms with Crippen molar-refractivity contribution < 1.29 is 4.79 Å². The van der Waals surface area contributed by atoms with Gasteiger partial charge in [0, 0.05) is 17.8 Å². The number of benzene rings is 1. The number of halogens is 1. The molecule has 1 aromatic carbocycles. The number of alkyl halides is 1. The molecule has 2 atom stereocenters. The van der Waals surface area contributed by atoms with Gasteiger partial charge in [0.05, 0.1) is 10.2 Å². The maximum Gasteiger partial charge on any atom is 0.240 e. The second kappa shape index (κ2) is 5.93. The number of aryl methyl sites for hydroxylation is 1. The molecule has 4 aliphatic carbocycles. The third kappa shape index (κ3) is 2.85. The van der Waals surface area contributed by atoms with E-state index in [1.807, 2.05) is 23.7 Å². The molecule has 0 spiro atoms. The van der Waals surface area contributed by atoms with Crippen molar-refractivity contribution in [3.05, 3.63) is 29.1 Å². The summed E-state index contributed by atoms with van der Waals surface area (Å²) in [5, 5.41) is 4.43. The zero-order chi connectivity index (χ0) is 17.9. The van der Waals surface area contributed by atoms with E-state index in [1.165, 1.54) is 36.8 Å². The molecule has 0 radical (unpaired) electrons. The van der Waals surface area contributed by atoms with Crippen molar-refractivity contribution in [3.8, 4) is 0 Å². The number of carbonyl (C=O) groups excluding carboxylic acids is 1. The van der Waals surface area contributed by atoms with E-state index in [4.69, 9.17) is 0 Å². The van der Waals surface area contributed by atoms with E-state index in [0.717, 1.165) is 28.6 Å². The number of hydrogen-bond donors (Lipinski definition) is 1. The second-order valence-corrected chi connectivity index (χ2v) is 11.5. The molecular weight excluding hydrogens is 410 g/mol. The van der Waals surface area contributed by atoms with Crippen LogP contribution in [0.4, 0.5) is 0 Å². The minimum atomic E-state index is 0.0699. The van der Waals surface area contributed by atoms with Crippen LogP contribution < -0.4 is 10.2 Å². The smallest absolute Gasteiger partial charge is 0.240 e. The van der Waals surface area contributed by atoms with Crippen LogP contribution in [0.2, 0.25) is 0 Å². The molecule has 6 heteroatoms. The Morgan fingerprint density at radius 3 is 2.73 bits per heavy atom. The van der Waals surface area contributed by atoms with Crippen LogP contribution in [0.3, 0.4) is 0 Å². The lowest BCUT2D eigenvalue weighted by molar-refractivity contribution is -0.128. The number of rotatable bonds is 3. The number of hydrogen-bond acceptors (Lipinski definition) is 3. The number of para-hydroxylation sites is 1. The molecule has 1 aromatic heterocycles. The van der Waals surface area contributed by atoms with Gasteiger partial charge in [-0.25, -0.2) is 5.43 Å². The van der Waals surface area contributed by atoms with Crippen LogP contribution >= 0.6 is 27.3 Å². The highest BCUT2D eigenvalue weighted by atomic mass is 79.9. The minimum Gasteiger partial charge on any atom is -0.318 e. The summed E-state index contributed by atoms with van der Waals surface area (Å²) in [5.74, 6) is 1.68. The van der Waals surface area contributed by atoms with Crippen molar-refractivity contribution in [1.29, 1.82) is 0 Å². The molecule has 4 bridgehead atoms. The van der Waals surface area contributed by atoms with Gasteiger partial charge in [-0.05, 0) is 67.9 Å². The molecule has 4 saturated carbocycles. The Kier molecular flexibility index (Phi) is 3.87. The summed E-state index contributed by atoms with van der Waals surface area (Å²) in [6.45, 7) is 0. The lowest BCUT2D eigenvalue weighted by Gasteiger charge is -2.60. The van der Waals surface area contributed by atoms with Gasteiger partial charge in [-0.3, -0.25) is 4.79 Å². The summed E-state index contributed by atoms with van der Waals surface area (Å²) in [6, 6.07) is 8.23. The molecule has 1 amide bonds. The third-order valence-electron chi connectivity index (χ3n) is 6.64. The predicted octanol–water partition coefficient (Wildman–Crippen LogP) is 4.30. The van der Waals surface area contributed by atoms with Crippen molar-refractivity contribution in [2.24, 2.45) is 29.4 Å². The van der Waals surface area contributed by atoms with Crippen LogP contribution in [0.15, 0.2) is 29.4 Å². The number of nitrogens with zero attached hydrogens (tertiary/aromatic N) is 2. The SMILES string of the molecule is Cn1/c(=N/NC(=O)CC23CC4CC(CC(Br)(C4)C2)C3)sc2ccccc21. The van der Waals surface area contributed by atoms with E-state index >= 15 is 0 Å². The number of aromatic nitrogens is 1. The van der Waals surface area contributed by atoms with Gasteiger partial charge in [0.2, 0.25) is 10.7 Å². The highest BCUT2D eigenvalue weighted by molar-refractivity contribution is 9.10. The summed E-state index contributed by atoms with van der Waals surface area (Å²) in [4.78, 5) is 13.5. The molecule has 0 saturated heterocycles. The largest absolute Gasteiger partial charge is 0.318 e. The van der Waals surface area contributed by atoms with Crippen molar-refractivity contribution in [2.45, 2.75) is 49.3 Å². The van der Waals surface area contributed by atoms with Crippen molar-refractivity contribution in [1.82, 2.24) is 9.99 Å². The van der Waals surface area contributed by atoms with E-state index in [-0.39, 0.29) is 11.3 Å². The van der Waals surface area contributed by atoms with E-state index in [0.29, 0.717) is 10.7 Å². The number of carbonyl (C=O) groups is 1. The molecule has 0 aliphatic heterocycles. The topological polar surface area (TPSA) is 46.4 Å². The van der Waals surface area contributed by atoms with Crippen molar-refractivity contribution in [3.63, 3.8) is 0 Å². The van der Waals surface area contributed by atoms with Crippen LogP contribution in [0.1, 0.15) is 44.9 Å². The van der Waals surface area contributed by atoms with Crippen LogP contribution in [-0.2, 0) is 11.8 Å². The molecule has 6 rings (SSSR count). The third-order valence-corrected chi connectivity index (χ3v) is 8.68. The molecule has 26 heavy (non-hydrogen) atoms. The van der Waals surface area contributed by atoms with Gasteiger partial charge < -0.3 is 4.57 Å². The van der Waals surface area contributed by atoms with Crippen LogP contribution in [-0.4, -0.2) is 14.8 Å². The van der Waals surface area contributed by atoms with Crippen LogP contribution in [0.5, 0.6) is 0 Å². The van der Waals surface area contributed by atoms with Crippen molar-refractivity contribution in [2.75, 3.05) is 0 Å². The minimum absolute atomic E-state index is 0.0699. The molecule has 2 aromatic rings. The fraction of sp³-hybridized carbons (Fsp3) is 0.600. The summed E-state index contributed by atoms with van der Waals surface area (Å²) < 4.78 is 3.52. The molecule has 4 nitrogen and oxygen atoms in total. The average Bonchev–Trinajstić information content (AvgIpc) is 2.87. The summed E-state index contributed by atoms with van der Waals surface area (Å²) >= 11 is 5.64. The molecule has 4 fully saturated rings. The van der Waals surface area contributed by atoms with Crippen molar-refractivity contribution >= 4 is 43.4 Å². The van der Waals surface area contributed by atoms with Gasteiger partial charge in [0.15, 0.2) is 0 Å². The lowest BCUT2D eigenvalue weighted by atomic mass is 9.48. The van der Waals surface area contributed by atoms with Gasteiger partial charge >= 0.3 is 0 Å². The Morgan fingerprint density at radius 1 is 1.31 bits per heavy atom. The Bertz CT molecular complexity index is 932. The summed E-state index contributed by atoms with van der Waals surface area (Å²) in [6.07, 6.45) is 8.19. The first-order valence-corrected chi connectivity index (χ1v) is 11.1. The normalized spacial score (nSPS) is 36.0. The highest BCUT2D eigenvalue weighted by Crippen LogP contribution is 2.65. The van der Waals surface area contributed by atoms with Gasteiger partial charge in [-0.15, -0.1) is 5.10 Å². The summed E-state index contributed by atoms with van der Waals surface area (Å²) in [5.41, 5.74) is 4.18. The van der Waals surface area contributed by atoms with Gasteiger partial charge in [0.25, 0.3) is 0 Å². The monoisotopic (exact) mass is 433 g/mol. The maximum absolute atomic E-state index is 12.7. The highest BCUT2D eigenvalue weighted by Gasteiger charge is 2.57. The molecule has 4 aliphatic rings. The van der Waals surface area contributed by atoms with Gasteiger partial charge in [-0.2, -0.15) is 0 Å². The molecular formula is C20H24BrN3OS. The number of fused-ring (bicyclic) bond motifs is 1. The first-order valence-electron chi connectivity index (χ1n) is 9.50. The standard InChI is InChI=1S/C20H24BrN3OS/c1-24-15-4-2-3-5-16(15)26-18(24)23-22-17(25)11-19-7-13-6-14(8-19)10-20(21,9-13)12-19/h2-5,13-14H,6-12H2,1H3,(H,22,25)/b23-18-. The number of thiazole rings is 1. The fourth-order valence-electron chi connectivity index (χ4n) is 6.22. The number of amides is 1. The lowest BCUT2D eigenvalue weighted by Crippen LogP contribution is -2.53. The van der Waals surface area contributed by atoms with Crippen LogP contribution in [0.25, 0.3) is 10.2 Å². The predicted molar refractivity (Wildman–Crippen MR) is 108 cm³/mol. The van der Waals surface area contributed by atoms with Crippen LogP contribution in [0, 0.1) is 17.3 Å². The second-order valence-electron chi connectivity index (χ2n) is 8.85. The molecule has 138 valence electrons. The summed E-state index contributed by atoms with van der Waals surface area (Å²) in [7, 11) is 2.00. The Morgan fingerprint density at radius 2 is 2.04 bits per heavy atom. The van der Waals surface area contributed by atoms with E-state index in [9.17, 15) is 4.79 Å². The van der Waals surface area contributed by atoms with E-state index < -0.39 is 0 Å². The first kappa shape index (κ1) is 17.0. The zero-order valence-electron chi connectivity index (χ0n) is 15.0. The first-order chi connectivity index (χ1) is 12.4. The quantitative estimate of drug-likeness (QED) is 0.569. The average molecular weight is 434 g/mol. The number of nitrogens with one attached hydrogen (secondary N) is 1.